The molecule has 1 atom stereocenters. The maximum atomic E-state index is 13.4. The molecule has 15 heavy (non-hydrogen) atoms. The van der Waals surface area contributed by atoms with Crippen molar-refractivity contribution in [1.29, 1.82) is 0 Å². The van der Waals surface area contributed by atoms with Gasteiger partial charge in [0.15, 0.2) is 0 Å². The van der Waals surface area contributed by atoms with Gasteiger partial charge in [0.25, 0.3) is 0 Å². The summed E-state index contributed by atoms with van der Waals surface area (Å²) in [5.74, 6) is -3.37. The lowest BCUT2D eigenvalue weighted by molar-refractivity contribution is -0.138. The van der Waals surface area contributed by atoms with Crippen molar-refractivity contribution in [2.75, 3.05) is 6.54 Å². The van der Waals surface area contributed by atoms with Gasteiger partial charge >= 0.3 is 5.97 Å². The molecule has 0 radical (unpaired) electrons. The van der Waals surface area contributed by atoms with Gasteiger partial charge in [0.05, 0.1) is 5.92 Å². The number of aliphatic carboxylic acids is 1. The highest BCUT2D eigenvalue weighted by Gasteiger charge is 2.30. The standard InChI is InChI=1S/C10H9F2NO2/c11-7-1-2-8(12)9-5(7)3-13-4-6(9)10(14)15/h1-2,6,13H,3-4H2,(H,14,15). The lowest BCUT2D eigenvalue weighted by atomic mass is 9.90. The minimum absolute atomic E-state index is 0.0266. The first kappa shape index (κ1) is 10.0. The van der Waals surface area contributed by atoms with Crippen molar-refractivity contribution in [3.63, 3.8) is 0 Å². The Labute approximate surface area is 84.7 Å². The topological polar surface area (TPSA) is 49.3 Å². The molecule has 0 saturated heterocycles. The second-order valence-electron chi connectivity index (χ2n) is 3.44. The van der Waals surface area contributed by atoms with Gasteiger partial charge in [-0.1, -0.05) is 0 Å². The average Bonchev–Trinajstić information content (AvgIpc) is 2.23. The van der Waals surface area contributed by atoms with Gasteiger partial charge in [-0.2, -0.15) is 0 Å². The molecule has 0 saturated carbocycles. The average molecular weight is 213 g/mol. The second kappa shape index (κ2) is 3.58. The highest BCUT2D eigenvalue weighted by molar-refractivity contribution is 5.77. The highest BCUT2D eigenvalue weighted by atomic mass is 19.1. The SMILES string of the molecule is O=C(O)C1CNCc2c(F)ccc(F)c21. The van der Waals surface area contributed by atoms with E-state index >= 15 is 0 Å². The predicted octanol–water partition coefficient (Wildman–Crippen LogP) is 1.24. The van der Waals surface area contributed by atoms with E-state index in [4.69, 9.17) is 5.11 Å². The zero-order chi connectivity index (χ0) is 11.0. The van der Waals surface area contributed by atoms with Gasteiger partial charge in [0.2, 0.25) is 0 Å². The van der Waals surface area contributed by atoms with Crippen LogP contribution in [0.1, 0.15) is 17.0 Å². The van der Waals surface area contributed by atoms with Crippen LogP contribution in [-0.2, 0) is 11.3 Å². The van der Waals surface area contributed by atoms with Crippen molar-refractivity contribution >= 4 is 5.97 Å². The van der Waals surface area contributed by atoms with Gasteiger partial charge in [0, 0.05) is 24.2 Å². The Kier molecular flexibility index (Phi) is 2.40. The molecule has 2 rings (SSSR count). The quantitative estimate of drug-likeness (QED) is 0.737. The lowest BCUT2D eigenvalue weighted by Crippen LogP contribution is -2.34. The van der Waals surface area contributed by atoms with Crippen LogP contribution in [0.5, 0.6) is 0 Å². The monoisotopic (exact) mass is 213 g/mol. The van der Waals surface area contributed by atoms with Crippen LogP contribution in [0.15, 0.2) is 12.1 Å². The molecule has 3 nitrogen and oxygen atoms in total. The van der Waals surface area contributed by atoms with Crippen molar-refractivity contribution < 1.29 is 18.7 Å². The van der Waals surface area contributed by atoms with Crippen molar-refractivity contribution in [2.24, 2.45) is 0 Å². The molecule has 0 aromatic heterocycles. The van der Waals surface area contributed by atoms with Gasteiger partial charge in [-0.3, -0.25) is 4.79 Å². The van der Waals surface area contributed by atoms with Crippen molar-refractivity contribution in [1.82, 2.24) is 5.32 Å². The number of fused-ring (bicyclic) bond motifs is 1. The molecule has 1 heterocycles. The molecule has 80 valence electrons. The van der Waals surface area contributed by atoms with Crippen LogP contribution in [0.2, 0.25) is 0 Å². The van der Waals surface area contributed by atoms with E-state index in [2.05, 4.69) is 5.32 Å². The van der Waals surface area contributed by atoms with E-state index < -0.39 is 23.5 Å². The summed E-state index contributed by atoms with van der Waals surface area (Å²) in [4.78, 5) is 10.9. The van der Waals surface area contributed by atoms with Crippen molar-refractivity contribution in [2.45, 2.75) is 12.5 Å². The largest absolute Gasteiger partial charge is 0.481 e. The molecule has 0 aliphatic carbocycles. The number of nitrogens with one attached hydrogen (secondary N) is 1. The zero-order valence-corrected chi connectivity index (χ0v) is 7.76. The Morgan fingerprint density at radius 1 is 1.40 bits per heavy atom. The Morgan fingerprint density at radius 2 is 2.07 bits per heavy atom. The normalized spacial score (nSPS) is 19.7. The van der Waals surface area contributed by atoms with Crippen LogP contribution in [0.4, 0.5) is 8.78 Å². The Bertz CT molecular complexity index is 420. The molecular weight excluding hydrogens is 204 g/mol. The molecule has 0 spiro atoms. The summed E-state index contributed by atoms with van der Waals surface area (Å²) >= 11 is 0. The Hall–Kier alpha value is -1.49. The molecule has 1 aliphatic rings. The number of carboxylic acids is 1. The van der Waals surface area contributed by atoms with E-state index in [0.717, 1.165) is 12.1 Å². The van der Waals surface area contributed by atoms with Crippen molar-refractivity contribution in [3.05, 3.63) is 34.9 Å². The molecule has 2 N–H and O–H groups in total. The minimum atomic E-state index is -1.15. The lowest BCUT2D eigenvalue weighted by Gasteiger charge is -2.24. The summed E-state index contributed by atoms with van der Waals surface area (Å²) in [6.45, 7) is 0.297. The number of halogens is 2. The third-order valence-electron chi connectivity index (χ3n) is 2.54. The maximum Gasteiger partial charge on any atom is 0.312 e. The van der Waals surface area contributed by atoms with Crippen LogP contribution < -0.4 is 5.32 Å². The molecule has 1 unspecified atom stereocenters. The second-order valence-corrected chi connectivity index (χ2v) is 3.44. The van der Waals surface area contributed by atoms with Crippen LogP contribution in [0.25, 0.3) is 0 Å². The predicted molar refractivity (Wildman–Crippen MR) is 48.4 cm³/mol. The fourth-order valence-electron chi connectivity index (χ4n) is 1.82. The molecule has 0 bridgehead atoms. The van der Waals surface area contributed by atoms with E-state index in [-0.39, 0.29) is 24.2 Å². The highest BCUT2D eigenvalue weighted by Crippen LogP contribution is 2.28. The van der Waals surface area contributed by atoms with Gasteiger partial charge < -0.3 is 10.4 Å². The van der Waals surface area contributed by atoms with Gasteiger partial charge in [-0.05, 0) is 12.1 Å². The van der Waals surface area contributed by atoms with Crippen LogP contribution in [-0.4, -0.2) is 17.6 Å². The number of hydrogen-bond acceptors (Lipinski definition) is 2. The van der Waals surface area contributed by atoms with Crippen LogP contribution in [0, 0.1) is 11.6 Å². The summed E-state index contributed by atoms with van der Waals surface area (Å²) in [7, 11) is 0. The molecular formula is C10H9F2NO2. The van der Waals surface area contributed by atoms with Gasteiger partial charge in [0.1, 0.15) is 11.6 Å². The van der Waals surface area contributed by atoms with E-state index in [1.54, 1.807) is 0 Å². The first-order valence-electron chi connectivity index (χ1n) is 4.51. The number of benzene rings is 1. The van der Waals surface area contributed by atoms with Gasteiger partial charge in [-0.15, -0.1) is 0 Å². The first-order valence-corrected chi connectivity index (χ1v) is 4.51. The first-order chi connectivity index (χ1) is 7.11. The zero-order valence-electron chi connectivity index (χ0n) is 7.76. The number of rotatable bonds is 1. The summed E-state index contributed by atoms with van der Waals surface area (Å²) < 4.78 is 26.7. The van der Waals surface area contributed by atoms with Gasteiger partial charge in [-0.25, -0.2) is 8.78 Å². The molecule has 0 fully saturated rings. The molecule has 5 heteroatoms. The summed E-state index contributed by atoms with van der Waals surface area (Å²) in [6.07, 6.45) is 0. The fraction of sp³-hybridized carbons (Fsp3) is 0.300. The van der Waals surface area contributed by atoms with E-state index in [9.17, 15) is 13.6 Å². The molecule has 1 aromatic carbocycles. The minimum Gasteiger partial charge on any atom is -0.481 e. The van der Waals surface area contributed by atoms with E-state index in [1.165, 1.54) is 0 Å². The summed E-state index contributed by atoms with van der Waals surface area (Å²) in [6, 6.07) is 1.98. The van der Waals surface area contributed by atoms with Crippen LogP contribution in [0.3, 0.4) is 0 Å². The Morgan fingerprint density at radius 3 is 2.73 bits per heavy atom. The van der Waals surface area contributed by atoms with Crippen LogP contribution >= 0.6 is 0 Å². The smallest absolute Gasteiger partial charge is 0.312 e. The fourth-order valence-corrected chi connectivity index (χ4v) is 1.82. The third kappa shape index (κ3) is 1.59. The summed E-state index contributed by atoms with van der Waals surface area (Å²) in [5.41, 5.74) is 0.0925. The Balaban J connectivity index is 2.59. The van der Waals surface area contributed by atoms with E-state index in [0.29, 0.717) is 0 Å². The summed E-state index contributed by atoms with van der Waals surface area (Å²) in [5, 5.41) is 11.6. The third-order valence-corrected chi connectivity index (χ3v) is 2.54. The molecule has 0 amide bonds. The molecule has 1 aromatic rings. The number of carboxylic acid groups (broad SMARTS) is 1. The number of carbonyl (C=O) groups is 1. The molecule has 1 aliphatic heterocycles. The maximum absolute atomic E-state index is 13.4. The van der Waals surface area contributed by atoms with E-state index in [1.807, 2.05) is 0 Å². The number of hydrogen-bond donors (Lipinski definition) is 2. The van der Waals surface area contributed by atoms with Crippen molar-refractivity contribution in [3.8, 4) is 0 Å².